The summed E-state index contributed by atoms with van der Waals surface area (Å²) in [5.74, 6) is 0.265. The van der Waals surface area contributed by atoms with Crippen LogP contribution in [-0.4, -0.2) is 40.8 Å². The number of amides is 3. The van der Waals surface area contributed by atoms with Crippen molar-refractivity contribution in [2.75, 3.05) is 12.0 Å². The van der Waals surface area contributed by atoms with Gasteiger partial charge in [-0.2, -0.15) is 0 Å². The Morgan fingerprint density at radius 3 is 2.24 bits per heavy atom. The fourth-order valence-corrected chi connectivity index (χ4v) is 5.29. The zero-order chi connectivity index (χ0) is 28.5. The number of rotatable bonds is 9. The molecule has 8 heteroatoms. The second-order valence-corrected chi connectivity index (χ2v) is 10.3. The number of benzene rings is 3. The van der Waals surface area contributed by atoms with Crippen molar-refractivity contribution >= 4 is 23.4 Å². The quantitative estimate of drug-likeness (QED) is 0.259. The van der Waals surface area contributed by atoms with Crippen LogP contribution < -0.4 is 14.4 Å². The maximum absolute atomic E-state index is 13.5. The molecule has 4 aromatic rings. The molecule has 6 rings (SSSR count). The number of hydrogen-bond acceptors (Lipinski definition) is 6. The van der Waals surface area contributed by atoms with Gasteiger partial charge in [-0.05, 0) is 55.7 Å². The average Bonchev–Trinajstić information content (AvgIpc) is 3.45. The normalized spacial score (nSPS) is 14.7. The molecule has 3 amide bonds. The molecule has 1 unspecified atom stereocenters. The van der Waals surface area contributed by atoms with E-state index in [1.54, 1.807) is 54.6 Å². The number of hydrogen-bond donors (Lipinski definition) is 0. The molecule has 1 aromatic heterocycles. The molecule has 2 aliphatic rings. The second-order valence-electron chi connectivity index (χ2n) is 10.3. The summed E-state index contributed by atoms with van der Waals surface area (Å²) in [5, 5.41) is 0. The van der Waals surface area contributed by atoms with Crippen LogP contribution in [0.15, 0.2) is 85.1 Å². The van der Waals surface area contributed by atoms with E-state index in [1.165, 1.54) is 10.5 Å². The number of carbonyl (C=O) groups is 3. The first kappa shape index (κ1) is 26.3. The lowest BCUT2D eigenvalue weighted by Crippen LogP contribution is -2.29. The molecule has 0 aliphatic carbocycles. The SMILES string of the molecule is COc1ccc(N2Cc3cnc(CN4C(=O)c5ccccc5C4=O)cc3C2=O)cc1OC(C)CCc1ccccc1. The number of fused-ring (bicyclic) bond motifs is 2. The Labute approximate surface area is 238 Å². The number of aromatic nitrogens is 1. The van der Waals surface area contributed by atoms with Crippen LogP contribution >= 0.6 is 0 Å². The van der Waals surface area contributed by atoms with Gasteiger partial charge in [-0.15, -0.1) is 0 Å². The molecular weight excluding hydrogens is 518 g/mol. The summed E-state index contributed by atoms with van der Waals surface area (Å²) in [6.45, 7) is 2.37. The molecule has 0 fully saturated rings. The Bertz CT molecular complexity index is 1620. The van der Waals surface area contributed by atoms with Crippen molar-refractivity contribution in [2.24, 2.45) is 0 Å². The van der Waals surface area contributed by atoms with E-state index >= 15 is 0 Å². The van der Waals surface area contributed by atoms with Crippen LogP contribution in [0.5, 0.6) is 11.5 Å². The van der Waals surface area contributed by atoms with E-state index in [4.69, 9.17) is 9.47 Å². The summed E-state index contributed by atoms with van der Waals surface area (Å²) in [4.78, 5) is 46.4. The van der Waals surface area contributed by atoms with E-state index in [1.807, 2.05) is 37.3 Å². The lowest BCUT2D eigenvalue weighted by atomic mass is 10.1. The summed E-state index contributed by atoms with van der Waals surface area (Å²) >= 11 is 0. The molecule has 0 bridgehead atoms. The Morgan fingerprint density at radius 1 is 0.829 bits per heavy atom. The van der Waals surface area contributed by atoms with Crippen LogP contribution in [-0.2, 0) is 19.5 Å². The third kappa shape index (κ3) is 5.04. The maximum Gasteiger partial charge on any atom is 0.261 e. The first-order chi connectivity index (χ1) is 19.9. The zero-order valence-electron chi connectivity index (χ0n) is 22.9. The minimum absolute atomic E-state index is 0.00565. The molecule has 2 aliphatic heterocycles. The average molecular weight is 548 g/mol. The van der Waals surface area contributed by atoms with Gasteiger partial charge >= 0.3 is 0 Å². The summed E-state index contributed by atoms with van der Waals surface area (Å²) < 4.78 is 11.8. The van der Waals surface area contributed by atoms with Crippen molar-refractivity contribution < 1.29 is 23.9 Å². The summed E-state index contributed by atoms with van der Waals surface area (Å²) in [6.07, 6.45) is 3.29. The first-order valence-electron chi connectivity index (χ1n) is 13.6. The van der Waals surface area contributed by atoms with E-state index < -0.39 is 0 Å². The highest BCUT2D eigenvalue weighted by atomic mass is 16.5. The molecule has 0 radical (unpaired) electrons. The Hall–Kier alpha value is -4.98. The summed E-state index contributed by atoms with van der Waals surface area (Å²) in [7, 11) is 1.59. The number of carbonyl (C=O) groups excluding carboxylic acids is 3. The van der Waals surface area contributed by atoms with Gasteiger partial charge in [0.05, 0.1) is 43.1 Å². The molecule has 0 spiro atoms. The van der Waals surface area contributed by atoms with Gasteiger partial charge < -0.3 is 14.4 Å². The topological polar surface area (TPSA) is 89.0 Å². The number of ether oxygens (including phenoxy) is 2. The third-order valence-electron chi connectivity index (χ3n) is 7.51. The fraction of sp³-hybridized carbons (Fsp3) is 0.212. The Morgan fingerprint density at radius 2 is 1.54 bits per heavy atom. The zero-order valence-corrected chi connectivity index (χ0v) is 22.9. The van der Waals surface area contributed by atoms with Crippen molar-refractivity contribution in [2.45, 2.75) is 39.0 Å². The van der Waals surface area contributed by atoms with Crippen molar-refractivity contribution in [1.29, 1.82) is 0 Å². The molecule has 8 nitrogen and oxygen atoms in total. The fourth-order valence-electron chi connectivity index (χ4n) is 5.29. The lowest BCUT2D eigenvalue weighted by molar-refractivity contribution is 0.0640. The Kier molecular flexibility index (Phi) is 6.97. The van der Waals surface area contributed by atoms with Gasteiger partial charge in [0.2, 0.25) is 0 Å². The van der Waals surface area contributed by atoms with E-state index in [-0.39, 0.29) is 30.4 Å². The van der Waals surface area contributed by atoms with E-state index in [0.29, 0.717) is 46.1 Å². The van der Waals surface area contributed by atoms with Gasteiger partial charge in [-0.1, -0.05) is 42.5 Å². The first-order valence-corrected chi connectivity index (χ1v) is 13.6. The monoisotopic (exact) mass is 547 g/mol. The minimum atomic E-state index is -0.357. The van der Waals surface area contributed by atoms with Crippen LogP contribution in [0.4, 0.5) is 5.69 Å². The van der Waals surface area contributed by atoms with E-state index in [0.717, 1.165) is 18.4 Å². The number of anilines is 1. The van der Waals surface area contributed by atoms with Gasteiger partial charge in [-0.3, -0.25) is 24.3 Å². The largest absolute Gasteiger partial charge is 0.493 e. The predicted octanol–water partition coefficient (Wildman–Crippen LogP) is 5.45. The lowest BCUT2D eigenvalue weighted by Gasteiger charge is -2.21. The van der Waals surface area contributed by atoms with Gasteiger partial charge in [0.15, 0.2) is 11.5 Å². The van der Waals surface area contributed by atoms with Crippen molar-refractivity contribution in [3.05, 3.63) is 119 Å². The highest BCUT2D eigenvalue weighted by Gasteiger charge is 2.36. The number of aryl methyl sites for hydroxylation is 1. The number of nitrogens with zero attached hydrogens (tertiary/aromatic N) is 3. The van der Waals surface area contributed by atoms with Crippen LogP contribution in [0.2, 0.25) is 0 Å². The molecule has 1 atom stereocenters. The molecule has 3 aromatic carbocycles. The van der Waals surface area contributed by atoms with Crippen molar-refractivity contribution in [3.8, 4) is 11.5 Å². The number of pyridine rings is 1. The predicted molar refractivity (Wildman–Crippen MR) is 153 cm³/mol. The van der Waals surface area contributed by atoms with Crippen LogP contribution in [0.25, 0.3) is 0 Å². The second kappa shape index (κ2) is 10.9. The van der Waals surface area contributed by atoms with Gasteiger partial charge in [0, 0.05) is 29.1 Å². The minimum Gasteiger partial charge on any atom is -0.493 e. The number of methoxy groups -OCH3 is 1. The van der Waals surface area contributed by atoms with Crippen molar-refractivity contribution in [1.82, 2.24) is 9.88 Å². The highest BCUT2D eigenvalue weighted by molar-refractivity contribution is 6.21. The third-order valence-corrected chi connectivity index (χ3v) is 7.51. The molecule has 0 N–H and O–H groups in total. The van der Waals surface area contributed by atoms with Gasteiger partial charge in [-0.25, -0.2) is 0 Å². The van der Waals surface area contributed by atoms with Crippen LogP contribution in [0.1, 0.15) is 61.2 Å². The standard InChI is InChI=1S/C33H29N3O5/c1-21(12-13-22-8-4-3-5-9-22)41-30-17-25(14-15-29(30)40-2)35-19-23-18-34-24(16-28(23)33(35)39)20-36-31(37)26-10-6-7-11-27(26)32(36)38/h3-11,14-18,21H,12-13,19-20H2,1-2H3. The van der Waals surface area contributed by atoms with E-state index in [2.05, 4.69) is 17.1 Å². The molecule has 0 saturated carbocycles. The van der Waals surface area contributed by atoms with E-state index in [9.17, 15) is 14.4 Å². The molecule has 0 saturated heterocycles. The molecular formula is C33H29N3O5. The summed E-state index contributed by atoms with van der Waals surface area (Å²) in [6, 6.07) is 24.1. The van der Waals surface area contributed by atoms with Crippen LogP contribution in [0, 0.1) is 0 Å². The number of imide groups is 1. The smallest absolute Gasteiger partial charge is 0.261 e. The van der Waals surface area contributed by atoms with Gasteiger partial charge in [0.1, 0.15) is 0 Å². The maximum atomic E-state index is 13.5. The van der Waals surface area contributed by atoms with Crippen molar-refractivity contribution in [3.63, 3.8) is 0 Å². The van der Waals surface area contributed by atoms with Gasteiger partial charge in [0.25, 0.3) is 17.7 Å². The molecule has 3 heterocycles. The van der Waals surface area contributed by atoms with Crippen LogP contribution in [0.3, 0.4) is 0 Å². The highest BCUT2D eigenvalue weighted by Crippen LogP contribution is 2.36. The molecule has 206 valence electrons. The molecule has 41 heavy (non-hydrogen) atoms. The summed E-state index contributed by atoms with van der Waals surface area (Å²) in [5.41, 5.74) is 4.44. The Balaban J connectivity index is 1.17.